The molecule has 0 N–H and O–H groups in total. The quantitative estimate of drug-likeness (QED) is 0.548. The zero-order valence-corrected chi connectivity index (χ0v) is 20.8. The van der Waals surface area contributed by atoms with Crippen LogP contribution in [0.2, 0.25) is 0 Å². The highest BCUT2D eigenvalue weighted by Gasteiger charge is 2.33. The highest BCUT2D eigenvalue weighted by atomic mass is 32.2. The van der Waals surface area contributed by atoms with Crippen LogP contribution in [0, 0.1) is 20.8 Å². The molecular formula is C24H27N3O4S2. The molecule has 1 aliphatic rings. The lowest BCUT2D eigenvalue weighted by Gasteiger charge is -2.34. The Labute approximate surface area is 198 Å². The topological polar surface area (TPSA) is 79.8 Å². The maximum atomic E-state index is 13.3. The molecule has 0 aliphatic carbocycles. The summed E-state index contributed by atoms with van der Waals surface area (Å²) in [6, 6.07) is 11.3. The third-order valence-electron chi connectivity index (χ3n) is 5.79. The van der Waals surface area contributed by atoms with Crippen LogP contribution in [-0.4, -0.2) is 61.8 Å². The number of piperazine rings is 1. The number of sulfonamides is 1. The van der Waals surface area contributed by atoms with Gasteiger partial charge in [-0.15, -0.1) is 11.3 Å². The van der Waals surface area contributed by atoms with Gasteiger partial charge in [0.1, 0.15) is 16.5 Å². The van der Waals surface area contributed by atoms with Crippen LogP contribution in [0.1, 0.15) is 27.2 Å². The Hall–Kier alpha value is -2.75. The van der Waals surface area contributed by atoms with Crippen LogP contribution in [-0.2, 0) is 10.0 Å². The number of thiazole rings is 1. The lowest BCUT2D eigenvalue weighted by molar-refractivity contribution is 0.0693. The number of aromatic nitrogens is 1. The van der Waals surface area contributed by atoms with Crippen LogP contribution in [0.4, 0.5) is 0 Å². The molecule has 0 unspecified atom stereocenters. The van der Waals surface area contributed by atoms with Crippen molar-refractivity contribution in [3.63, 3.8) is 0 Å². The molecule has 1 aliphatic heterocycles. The summed E-state index contributed by atoms with van der Waals surface area (Å²) in [5, 5.41) is 2.51. The van der Waals surface area contributed by atoms with Gasteiger partial charge in [-0.3, -0.25) is 4.79 Å². The second kappa shape index (κ2) is 9.24. The summed E-state index contributed by atoms with van der Waals surface area (Å²) < 4.78 is 33.3. The van der Waals surface area contributed by atoms with Crippen LogP contribution in [0.3, 0.4) is 0 Å². The van der Waals surface area contributed by atoms with Gasteiger partial charge in [0.05, 0.1) is 12.0 Å². The minimum atomic E-state index is -3.62. The van der Waals surface area contributed by atoms with Crippen molar-refractivity contribution in [3.05, 3.63) is 64.2 Å². The normalized spacial score (nSPS) is 15.0. The van der Waals surface area contributed by atoms with Crippen molar-refractivity contribution in [2.24, 2.45) is 0 Å². The van der Waals surface area contributed by atoms with Gasteiger partial charge >= 0.3 is 0 Å². The average Bonchev–Trinajstić information content (AvgIpc) is 3.28. The van der Waals surface area contributed by atoms with Crippen LogP contribution >= 0.6 is 11.3 Å². The predicted octanol–water partition coefficient (Wildman–Crippen LogP) is 3.89. The van der Waals surface area contributed by atoms with Gasteiger partial charge < -0.3 is 9.64 Å². The monoisotopic (exact) mass is 485 g/mol. The number of carbonyl (C=O) groups is 1. The number of rotatable bonds is 5. The fraction of sp³-hybridized carbons (Fsp3) is 0.333. The minimum Gasteiger partial charge on any atom is -0.497 e. The first-order chi connectivity index (χ1) is 15.7. The van der Waals surface area contributed by atoms with Crippen molar-refractivity contribution < 1.29 is 17.9 Å². The molecule has 1 fully saturated rings. The van der Waals surface area contributed by atoms with Crippen molar-refractivity contribution in [2.45, 2.75) is 25.7 Å². The molecule has 9 heteroatoms. The van der Waals surface area contributed by atoms with E-state index in [4.69, 9.17) is 4.74 Å². The van der Waals surface area contributed by atoms with E-state index < -0.39 is 10.0 Å². The maximum Gasteiger partial charge on any atom is 0.273 e. The Kier molecular flexibility index (Phi) is 6.56. The molecule has 0 atom stereocenters. The van der Waals surface area contributed by atoms with Gasteiger partial charge in [0.25, 0.3) is 5.91 Å². The number of nitrogens with zero attached hydrogens (tertiary/aromatic N) is 3. The van der Waals surface area contributed by atoms with Gasteiger partial charge in [-0.1, -0.05) is 17.7 Å². The molecule has 7 nitrogen and oxygen atoms in total. The average molecular weight is 486 g/mol. The number of methoxy groups -OCH3 is 1. The Morgan fingerprint density at radius 2 is 1.61 bits per heavy atom. The van der Waals surface area contributed by atoms with Crippen molar-refractivity contribution in [2.75, 3.05) is 33.3 Å². The van der Waals surface area contributed by atoms with Crippen LogP contribution in [0.5, 0.6) is 5.75 Å². The molecule has 0 bridgehead atoms. The molecule has 0 radical (unpaired) electrons. The van der Waals surface area contributed by atoms with Gasteiger partial charge in [-0.25, -0.2) is 13.4 Å². The zero-order valence-electron chi connectivity index (χ0n) is 19.2. The fourth-order valence-corrected chi connectivity index (χ4v) is 6.87. The van der Waals surface area contributed by atoms with E-state index >= 15 is 0 Å². The van der Waals surface area contributed by atoms with Crippen LogP contribution in [0.15, 0.2) is 46.7 Å². The van der Waals surface area contributed by atoms with Crippen molar-refractivity contribution in [1.82, 2.24) is 14.2 Å². The Bertz CT molecular complexity index is 1250. The Morgan fingerprint density at radius 1 is 1.00 bits per heavy atom. The molecule has 1 saturated heterocycles. The molecule has 2 aromatic carbocycles. The number of hydrogen-bond acceptors (Lipinski definition) is 6. The highest BCUT2D eigenvalue weighted by Crippen LogP contribution is 2.28. The molecule has 3 aromatic rings. The summed E-state index contributed by atoms with van der Waals surface area (Å²) in [6.07, 6.45) is 0. The summed E-state index contributed by atoms with van der Waals surface area (Å²) in [6.45, 7) is 6.80. The van der Waals surface area contributed by atoms with E-state index in [1.165, 1.54) is 15.6 Å². The number of benzene rings is 2. The van der Waals surface area contributed by atoms with Crippen molar-refractivity contribution in [1.29, 1.82) is 0 Å². The third kappa shape index (κ3) is 4.66. The third-order valence-corrected chi connectivity index (χ3v) is 8.88. The van der Waals surface area contributed by atoms with E-state index in [0.717, 1.165) is 33.0 Å². The summed E-state index contributed by atoms with van der Waals surface area (Å²) in [5.41, 5.74) is 3.84. The SMILES string of the molecule is COc1ccc(-c2nc(C(=O)N3CCN(S(=O)(=O)c4c(C)cc(C)cc4C)CC3)cs2)cc1. The molecular weight excluding hydrogens is 458 g/mol. The lowest BCUT2D eigenvalue weighted by atomic mass is 10.1. The second-order valence-corrected chi connectivity index (χ2v) is 10.9. The molecule has 174 valence electrons. The van der Waals surface area contributed by atoms with Gasteiger partial charge in [0, 0.05) is 37.1 Å². The highest BCUT2D eigenvalue weighted by molar-refractivity contribution is 7.89. The van der Waals surface area contributed by atoms with Gasteiger partial charge in [-0.05, 0) is 56.2 Å². The standard InChI is InChI=1S/C24H27N3O4S2/c1-16-13-17(2)22(18(3)14-16)33(29,30)27-11-9-26(10-12-27)24(28)21-15-32-23(25-21)19-5-7-20(31-4)8-6-19/h5-8,13-15H,9-12H2,1-4H3. The molecule has 1 amide bonds. The molecule has 2 heterocycles. The molecule has 4 rings (SSSR count). The van der Waals surface area contributed by atoms with Gasteiger partial charge in [0.15, 0.2) is 0 Å². The largest absolute Gasteiger partial charge is 0.497 e. The predicted molar refractivity (Wildman–Crippen MR) is 129 cm³/mol. The van der Waals surface area contributed by atoms with Crippen LogP contribution in [0.25, 0.3) is 10.6 Å². The molecule has 1 aromatic heterocycles. The summed E-state index contributed by atoms with van der Waals surface area (Å²) in [7, 11) is -2.01. The Morgan fingerprint density at radius 3 is 2.18 bits per heavy atom. The van der Waals surface area contributed by atoms with Gasteiger partial charge in [-0.2, -0.15) is 4.31 Å². The zero-order chi connectivity index (χ0) is 23.8. The lowest BCUT2D eigenvalue weighted by Crippen LogP contribution is -2.50. The van der Waals surface area contributed by atoms with Crippen molar-refractivity contribution >= 4 is 27.3 Å². The smallest absolute Gasteiger partial charge is 0.273 e. The second-order valence-electron chi connectivity index (χ2n) is 8.19. The van der Waals surface area contributed by atoms with Crippen molar-refractivity contribution in [3.8, 4) is 16.3 Å². The van der Waals surface area contributed by atoms with E-state index in [0.29, 0.717) is 23.7 Å². The maximum absolute atomic E-state index is 13.3. The minimum absolute atomic E-state index is 0.175. The molecule has 0 saturated carbocycles. The summed E-state index contributed by atoms with van der Waals surface area (Å²) in [5.74, 6) is 0.584. The van der Waals surface area contributed by atoms with E-state index in [1.54, 1.807) is 17.4 Å². The summed E-state index contributed by atoms with van der Waals surface area (Å²) >= 11 is 1.41. The molecule has 0 spiro atoms. The molecule has 33 heavy (non-hydrogen) atoms. The van der Waals surface area contributed by atoms with Crippen LogP contribution < -0.4 is 4.74 Å². The van der Waals surface area contributed by atoms with E-state index in [1.807, 2.05) is 57.2 Å². The van der Waals surface area contributed by atoms with E-state index in [9.17, 15) is 13.2 Å². The number of amides is 1. The first-order valence-corrected chi connectivity index (χ1v) is 13.0. The fourth-order valence-electron chi connectivity index (χ4n) is 4.23. The number of ether oxygens (including phenoxy) is 1. The first kappa shape index (κ1) is 23.4. The first-order valence-electron chi connectivity index (χ1n) is 10.7. The number of aryl methyl sites for hydroxylation is 3. The number of hydrogen-bond donors (Lipinski definition) is 0. The van der Waals surface area contributed by atoms with E-state index in [2.05, 4.69) is 4.98 Å². The number of carbonyl (C=O) groups excluding carboxylic acids is 1. The van der Waals surface area contributed by atoms with E-state index in [-0.39, 0.29) is 19.0 Å². The van der Waals surface area contributed by atoms with Gasteiger partial charge in [0.2, 0.25) is 10.0 Å². The Balaban J connectivity index is 1.45. The summed E-state index contributed by atoms with van der Waals surface area (Å²) in [4.78, 5) is 19.6.